The lowest BCUT2D eigenvalue weighted by molar-refractivity contribution is -0.123. The quantitative estimate of drug-likeness (QED) is 0.808. The summed E-state index contributed by atoms with van der Waals surface area (Å²) in [6.07, 6.45) is 0.670. The van der Waals surface area contributed by atoms with Crippen LogP contribution in [0.3, 0.4) is 0 Å². The average molecular weight is 330 g/mol. The maximum absolute atomic E-state index is 12.3. The van der Waals surface area contributed by atoms with Gasteiger partial charge in [-0.25, -0.2) is 10.9 Å². The summed E-state index contributed by atoms with van der Waals surface area (Å²) in [7, 11) is 0. The number of amides is 1. The van der Waals surface area contributed by atoms with E-state index in [4.69, 9.17) is 11.6 Å². The summed E-state index contributed by atoms with van der Waals surface area (Å²) in [5, 5.41) is 3.71. The Labute approximate surface area is 141 Å². The zero-order valence-electron chi connectivity index (χ0n) is 13.0. The number of carbonyl (C=O) groups excluding carboxylic acids is 1. The van der Waals surface area contributed by atoms with Crippen LogP contribution in [0.4, 0.5) is 0 Å². The smallest absolute Gasteiger partial charge is 0.238 e. The van der Waals surface area contributed by atoms with Crippen LogP contribution in [0.1, 0.15) is 29.2 Å². The minimum atomic E-state index is -0.264. The molecule has 5 heteroatoms. The summed E-state index contributed by atoms with van der Waals surface area (Å²) in [6, 6.07) is 15.5. The fourth-order valence-electron chi connectivity index (χ4n) is 2.80. The highest BCUT2D eigenvalue weighted by Gasteiger charge is 2.30. The average Bonchev–Trinajstić information content (AvgIpc) is 3.04. The second-order valence-corrected chi connectivity index (χ2v) is 6.20. The van der Waals surface area contributed by atoms with Gasteiger partial charge in [-0.3, -0.25) is 4.79 Å². The van der Waals surface area contributed by atoms with Crippen LogP contribution >= 0.6 is 11.6 Å². The van der Waals surface area contributed by atoms with E-state index in [0.29, 0.717) is 18.0 Å². The lowest BCUT2D eigenvalue weighted by atomic mass is 10.0. The highest BCUT2D eigenvalue weighted by Crippen LogP contribution is 2.28. The van der Waals surface area contributed by atoms with E-state index in [-0.39, 0.29) is 18.0 Å². The molecule has 0 radical (unpaired) electrons. The van der Waals surface area contributed by atoms with Crippen LogP contribution in [0.25, 0.3) is 0 Å². The van der Waals surface area contributed by atoms with Crippen molar-refractivity contribution >= 4 is 17.5 Å². The SMILES string of the molecule is Cc1ccccc1CNC(=O)C1CC(c2ccccc2Cl)NN1. The van der Waals surface area contributed by atoms with Gasteiger partial charge in [-0.2, -0.15) is 0 Å². The molecule has 0 bridgehead atoms. The monoisotopic (exact) mass is 329 g/mol. The maximum atomic E-state index is 12.3. The zero-order valence-corrected chi connectivity index (χ0v) is 13.7. The fraction of sp³-hybridized carbons (Fsp3) is 0.278. The van der Waals surface area contributed by atoms with Crippen LogP contribution in [0.2, 0.25) is 5.02 Å². The van der Waals surface area contributed by atoms with Gasteiger partial charge in [0.05, 0.1) is 0 Å². The van der Waals surface area contributed by atoms with E-state index in [9.17, 15) is 4.79 Å². The summed E-state index contributed by atoms with van der Waals surface area (Å²) >= 11 is 6.22. The van der Waals surface area contributed by atoms with Gasteiger partial charge < -0.3 is 5.32 Å². The lowest BCUT2D eigenvalue weighted by Crippen LogP contribution is -2.42. The van der Waals surface area contributed by atoms with Crippen LogP contribution < -0.4 is 16.2 Å². The Hall–Kier alpha value is -1.88. The van der Waals surface area contributed by atoms with E-state index >= 15 is 0 Å². The molecule has 1 amide bonds. The van der Waals surface area contributed by atoms with Gasteiger partial charge >= 0.3 is 0 Å². The molecule has 1 saturated heterocycles. The van der Waals surface area contributed by atoms with E-state index in [0.717, 1.165) is 11.1 Å². The van der Waals surface area contributed by atoms with Crippen LogP contribution in [0.5, 0.6) is 0 Å². The van der Waals surface area contributed by atoms with Crippen LogP contribution in [0, 0.1) is 6.92 Å². The molecule has 2 unspecified atom stereocenters. The first kappa shape index (κ1) is 16.0. The second-order valence-electron chi connectivity index (χ2n) is 5.80. The van der Waals surface area contributed by atoms with E-state index in [1.165, 1.54) is 5.56 Å². The van der Waals surface area contributed by atoms with Crippen LogP contribution in [0.15, 0.2) is 48.5 Å². The molecule has 3 rings (SSSR count). The first-order chi connectivity index (χ1) is 11.1. The Morgan fingerprint density at radius 1 is 1.17 bits per heavy atom. The molecule has 4 nitrogen and oxygen atoms in total. The summed E-state index contributed by atoms with van der Waals surface area (Å²) in [5.74, 6) is -0.00435. The van der Waals surface area contributed by atoms with Gasteiger partial charge in [0.15, 0.2) is 0 Å². The number of aryl methyl sites for hydroxylation is 1. The number of carbonyl (C=O) groups is 1. The molecule has 0 saturated carbocycles. The summed E-state index contributed by atoms with van der Waals surface area (Å²) in [5.41, 5.74) is 9.55. The fourth-order valence-corrected chi connectivity index (χ4v) is 3.07. The number of rotatable bonds is 4. The largest absolute Gasteiger partial charge is 0.351 e. The third-order valence-electron chi connectivity index (χ3n) is 4.21. The van der Waals surface area contributed by atoms with E-state index in [1.807, 2.05) is 55.5 Å². The summed E-state index contributed by atoms with van der Waals surface area (Å²) < 4.78 is 0. The van der Waals surface area contributed by atoms with E-state index in [1.54, 1.807) is 0 Å². The molecule has 2 aromatic rings. The number of hydrogen-bond donors (Lipinski definition) is 3. The predicted molar refractivity (Wildman–Crippen MR) is 91.9 cm³/mol. The minimum absolute atomic E-state index is 0.00435. The van der Waals surface area contributed by atoms with Gasteiger partial charge in [-0.15, -0.1) is 0 Å². The number of halogens is 1. The Morgan fingerprint density at radius 3 is 2.70 bits per heavy atom. The van der Waals surface area contributed by atoms with Crippen molar-refractivity contribution in [2.75, 3.05) is 0 Å². The summed E-state index contributed by atoms with van der Waals surface area (Å²) in [6.45, 7) is 2.59. The van der Waals surface area contributed by atoms with Gasteiger partial charge in [0.2, 0.25) is 5.91 Å². The van der Waals surface area contributed by atoms with Crippen molar-refractivity contribution in [3.8, 4) is 0 Å². The van der Waals surface area contributed by atoms with Crippen molar-refractivity contribution in [2.45, 2.75) is 32.0 Å². The molecule has 0 aliphatic carbocycles. The van der Waals surface area contributed by atoms with Gasteiger partial charge in [0.25, 0.3) is 0 Å². The Kier molecular flexibility index (Phi) is 4.96. The molecule has 0 aromatic heterocycles. The summed E-state index contributed by atoms with van der Waals surface area (Å²) in [4.78, 5) is 12.3. The molecule has 1 heterocycles. The molecule has 120 valence electrons. The topological polar surface area (TPSA) is 53.2 Å². The minimum Gasteiger partial charge on any atom is -0.351 e. The van der Waals surface area contributed by atoms with Crippen molar-refractivity contribution in [3.05, 3.63) is 70.2 Å². The van der Waals surface area contributed by atoms with Crippen molar-refractivity contribution in [2.24, 2.45) is 0 Å². The Balaban J connectivity index is 1.58. The van der Waals surface area contributed by atoms with Gasteiger partial charge in [-0.05, 0) is 36.1 Å². The van der Waals surface area contributed by atoms with Crippen LogP contribution in [-0.2, 0) is 11.3 Å². The molecule has 0 spiro atoms. The van der Waals surface area contributed by atoms with Crippen LogP contribution in [-0.4, -0.2) is 11.9 Å². The highest BCUT2D eigenvalue weighted by molar-refractivity contribution is 6.31. The molecular weight excluding hydrogens is 310 g/mol. The van der Waals surface area contributed by atoms with Gasteiger partial charge in [0, 0.05) is 17.6 Å². The van der Waals surface area contributed by atoms with Crippen molar-refractivity contribution in [1.82, 2.24) is 16.2 Å². The number of benzene rings is 2. The molecule has 1 fully saturated rings. The predicted octanol–water partition coefficient (Wildman–Crippen LogP) is 2.87. The number of hydrogen-bond acceptors (Lipinski definition) is 3. The van der Waals surface area contributed by atoms with E-state index < -0.39 is 0 Å². The maximum Gasteiger partial charge on any atom is 0.238 e. The van der Waals surface area contributed by atoms with Gasteiger partial charge in [0.1, 0.15) is 6.04 Å². The molecule has 2 aromatic carbocycles. The lowest BCUT2D eigenvalue weighted by Gasteiger charge is -2.12. The van der Waals surface area contributed by atoms with Crippen molar-refractivity contribution in [3.63, 3.8) is 0 Å². The second kappa shape index (κ2) is 7.13. The molecule has 1 aliphatic rings. The molecule has 23 heavy (non-hydrogen) atoms. The molecule has 3 N–H and O–H groups in total. The first-order valence-electron chi connectivity index (χ1n) is 7.73. The number of nitrogens with one attached hydrogen (secondary N) is 3. The third-order valence-corrected chi connectivity index (χ3v) is 4.56. The molecular formula is C18H20ClN3O. The molecule has 2 atom stereocenters. The van der Waals surface area contributed by atoms with Crippen molar-refractivity contribution in [1.29, 1.82) is 0 Å². The first-order valence-corrected chi connectivity index (χ1v) is 8.10. The molecule has 1 aliphatic heterocycles. The zero-order chi connectivity index (χ0) is 16.2. The Bertz CT molecular complexity index is 704. The van der Waals surface area contributed by atoms with Crippen molar-refractivity contribution < 1.29 is 4.79 Å². The highest BCUT2D eigenvalue weighted by atomic mass is 35.5. The van der Waals surface area contributed by atoms with Gasteiger partial charge in [-0.1, -0.05) is 54.1 Å². The normalized spacial score (nSPS) is 20.4. The standard InChI is InChI=1S/C18H20ClN3O/c1-12-6-2-3-7-13(12)11-20-18(23)17-10-16(21-22-17)14-8-4-5-9-15(14)19/h2-9,16-17,21-22H,10-11H2,1H3,(H,20,23). The van der Waals surface area contributed by atoms with E-state index in [2.05, 4.69) is 16.2 Å². The Morgan fingerprint density at radius 2 is 1.91 bits per heavy atom. The number of hydrazine groups is 1. The third kappa shape index (κ3) is 3.72.